The Morgan fingerprint density at radius 1 is 1.29 bits per heavy atom. The highest BCUT2D eigenvalue weighted by molar-refractivity contribution is 7.14. The van der Waals surface area contributed by atoms with Gasteiger partial charge in [-0.2, -0.15) is 0 Å². The Labute approximate surface area is 133 Å². The predicted octanol–water partition coefficient (Wildman–Crippen LogP) is 4.98. The van der Waals surface area contributed by atoms with Crippen LogP contribution in [0.3, 0.4) is 0 Å². The fraction of sp³-hybridized carbons (Fsp3) is 0.312. The average molecular weight is 325 g/mol. The second-order valence-electron chi connectivity index (χ2n) is 5.77. The van der Waals surface area contributed by atoms with Crippen molar-refractivity contribution in [3.8, 4) is 5.75 Å². The van der Waals surface area contributed by atoms with Crippen LogP contribution in [0.2, 0.25) is 5.02 Å². The molecule has 0 amide bonds. The van der Waals surface area contributed by atoms with Crippen LogP contribution in [-0.4, -0.2) is 11.1 Å². The lowest BCUT2D eigenvalue weighted by molar-refractivity contribution is 0.0697. The summed E-state index contributed by atoms with van der Waals surface area (Å²) in [5.41, 5.74) is 0.843. The van der Waals surface area contributed by atoms with Crippen LogP contribution in [0.25, 0.3) is 0 Å². The fourth-order valence-corrected chi connectivity index (χ4v) is 2.87. The molecule has 1 heterocycles. The molecule has 0 saturated carbocycles. The summed E-state index contributed by atoms with van der Waals surface area (Å²) in [7, 11) is 0. The van der Waals surface area contributed by atoms with Crippen LogP contribution in [-0.2, 0) is 12.0 Å². The number of ether oxygens (including phenoxy) is 1. The van der Waals surface area contributed by atoms with Crippen molar-refractivity contribution in [1.82, 2.24) is 0 Å². The third-order valence-corrected chi connectivity index (χ3v) is 4.72. The van der Waals surface area contributed by atoms with Crippen LogP contribution in [0.1, 0.15) is 40.9 Å². The molecule has 1 aromatic heterocycles. The predicted molar refractivity (Wildman–Crippen MR) is 85.8 cm³/mol. The van der Waals surface area contributed by atoms with Crippen LogP contribution in [0, 0.1) is 0 Å². The van der Waals surface area contributed by atoms with Gasteiger partial charge in [-0.05, 0) is 29.2 Å². The summed E-state index contributed by atoms with van der Waals surface area (Å²) < 4.78 is 5.69. The van der Waals surface area contributed by atoms with Gasteiger partial charge in [-0.1, -0.05) is 44.5 Å². The molecular weight excluding hydrogens is 308 g/mol. The van der Waals surface area contributed by atoms with E-state index in [1.807, 2.05) is 39.0 Å². The molecule has 0 atom stereocenters. The van der Waals surface area contributed by atoms with Gasteiger partial charge in [-0.25, -0.2) is 4.79 Å². The summed E-state index contributed by atoms with van der Waals surface area (Å²) >= 11 is 7.10. The number of hydrogen-bond donors (Lipinski definition) is 1. The van der Waals surface area contributed by atoms with Crippen molar-refractivity contribution >= 4 is 28.9 Å². The summed E-state index contributed by atoms with van der Waals surface area (Å²) in [5, 5.41) is 9.95. The molecule has 0 unspecified atom stereocenters. The molecule has 0 spiro atoms. The summed E-state index contributed by atoms with van der Waals surface area (Å²) in [6, 6.07) is 9.11. The molecule has 0 saturated heterocycles. The van der Waals surface area contributed by atoms with E-state index in [1.54, 1.807) is 12.1 Å². The lowest BCUT2D eigenvalue weighted by atomic mass is 9.95. The molecule has 0 radical (unpaired) electrons. The number of rotatable bonds is 4. The second-order valence-corrected chi connectivity index (χ2v) is 7.26. The van der Waals surface area contributed by atoms with Gasteiger partial charge >= 0.3 is 5.97 Å². The third-order valence-electron chi connectivity index (χ3n) is 2.94. The van der Waals surface area contributed by atoms with Crippen LogP contribution in [0.5, 0.6) is 5.75 Å². The van der Waals surface area contributed by atoms with Crippen molar-refractivity contribution in [2.75, 3.05) is 0 Å². The maximum atomic E-state index is 11.3. The largest absolute Gasteiger partial charge is 0.487 e. The molecule has 3 nitrogen and oxygen atoms in total. The maximum Gasteiger partial charge on any atom is 0.349 e. The Hall–Kier alpha value is -1.52. The molecule has 1 aromatic carbocycles. The Morgan fingerprint density at radius 3 is 2.43 bits per heavy atom. The van der Waals surface area contributed by atoms with E-state index in [9.17, 15) is 9.90 Å². The standard InChI is InChI=1S/C16H17ClO3S/c1-16(2,3)13-8-12(14(21-13)15(18)19)20-9-10-4-6-11(17)7-5-10/h4-8H,9H2,1-3H3,(H,18,19). The van der Waals surface area contributed by atoms with Crippen molar-refractivity contribution in [2.24, 2.45) is 0 Å². The average Bonchev–Trinajstić information content (AvgIpc) is 2.82. The van der Waals surface area contributed by atoms with Gasteiger partial charge in [-0.3, -0.25) is 0 Å². The summed E-state index contributed by atoms with van der Waals surface area (Å²) in [6.45, 7) is 6.46. The lowest BCUT2D eigenvalue weighted by Crippen LogP contribution is -2.08. The third kappa shape index (κ3) is 3.99. The van der Waals surface area contributed by atoms with Gasteiger partial charge in [0.1, 0.15) is 12.4 Å². The van der Waals surface area contributed by atoms with Crippen molar-refractivity contribution in [2.45, 2.75) is 32.8 Å². The monoisotopic (exact) mass is 324 g/mol. The number of benzene rings is 1. The molecule has 5 heteroatoms. The Balaban J connectivity index is 2.20. The molecule has 2 rings (SSSR count). The highest BCUT2D eigenvalue weighted by Gasteiger charge is 2.23. The zero-order chi connectivity index (χ0) is 15.6. The molecule has 112 valence electrons. The number of carbonyl (C=O) groups is 1. The Kier molecular flexibility index (Phi) is 4.59. The van der Waals surface area contributed by atoms with E-state index in [-0.39, 0.29) is 10.3 Å². The van der Waals surface area contributed by atoms with E-state index < -0.39 is 5.97 Å². The SMILES string of the molecule is CC(C)(C)c1cc(OCc2ccc(Cl)cc2)c(C(=O)O)s1. The van der Waals surface area contributed by atoms with E-state index in [2.05, 4.69) is 0 Å². The van der Waals surface area contributed by atoms with E-state index in [0.29, 0.717) is 17.4 Å². The second kappa shape index (κ2) is 6.08. The zero-order valence-electron chi connectivity index (χ0n) is 12.1. The molecule has 0 aliphatic heterocycles. The van der Waals surface area contributed by atoms with Crippen molar-refractivity contribution in [3.63, 3.8) is 0 Å². The first-order chi connectivity index (χ1) is 9.77. The Morgan fingerprint density at radius 2 is 1.90 bits per heavy atom. The zero-order valence-corrected chi connectivity index (χ0v) is 13.7. The molecule has 0 aliphatic rings. The molecule has 21 heavy (non-hydrogen) atoms. The lowest BCUT2D eigenvalue weighted by Gasteiger charge is -2.15. The van der Waals surface area contributed by atoms with Gasteiger partial charge in [0, 0.05) is 9.90 Å². The first-order valence-corrected chi connectivity index (χ1v) is 7.71. The molecule has 1 N–H and O–H groups in total. The number of carboxylic acids is 1. The highest BCUT2D eigenvalue weighted by atomic mass is 35.5. The van der Waals surface area contributed by atoms with Gasteiger partial charge in [0.25, 0.3) is 0 Å². The molecule has 2 aromatic rings. The van der Waals surface area contributed by atoms with Gasteiger partial charge in [0.05, 0.1) is 0 Å². The summed E-state index contributed by atoms with van der Waals surface area (Å²) in [4.78, 5) is 12.6. The smallest absolute Gasteiger partial charge is 0.349 e. The number of thiophene rings is 1. The van der Waals surface area contributed by atoms with Crippen molar-refractivity contribution in [1.29, 1.82) is 0 Å². The molecular formula is C16H17ClO3S. The van der Waals surface area contributed by atoms with Crippen LogP contribution >= 0.6 is 22.9 Å². The van der Waals surface area contributed by atoms with Crippen molar-refractivity contribution in [3.05, 3.63) is 50.7 Å². The van der Waals surface area contributed by atoms with Gasteiger partial charge in [0.2, 0.25) is 0 Å². The summed E-state index contributed by atoms with van der Waals surface area (Å²) in [6.07, 6.45) is 0. The molecule has 0 aliphatic carbocycles. The quantitative estimate of drug-likeness (QED) is 0.863. The Bertz CT molecular complexity index is 639. The van der Waals surface area contributed by atoms with E-state index in [0.717, 1.165) is 10.4 Å². The molecule has 0 fully saturated rings. The fourth-order valence-electron chi connectivity index (χ4n) is 1.74. The number of halogens is 1. The minimum Gasteiger partial charge on any atom is -0.487 e. The van der Waals surface area contributed by atoms with E-state index in [4.69, 9.17) is 16.3 Å². The van der Waals surface area contributed by atoms with Gasteiger partial charge in [0.15, 0.2) is 4.88 Å². The summed E-state index contributed by atoms with van der Waals surface area (Å²) in [5.74, 6) is -0.533. The minimum atomic E-state index is -0.957. The number of hydrogen-bond acceptors (Lipinski definition) is 3. The van der Waals surface area contributed by atoms with Crippen LogP contribution in [0.15, 0.2) is 30.3 Å². The van der Waals surface area contributed by atoms with E-state index >= 15 is 0 Å². The van der Waals surface area contributed by atoms with E-state index in [1.165, 1.54) is 11.3 Å². The normalized spacial score (nSPS) is 11.4. The number of carboxylic acid groups (broad SMARTS) is 1. The minimum absolute atomic E-state index is 0.100. The van der Waals surface area contributed by atoms with Gasteiger partial charge in [-0.15, -0.1) is 11.3 Å². The first kappa shape index (κ1) is 15.9. The first-order valence-electron chi connectivity index (χ1n) is 6.52. The maximum absolute atomic E-state index is 11.3. The van der Waals surface area contributed by atoms with Crippen LogP contribution in [0.4, 0.5) is 0 Å². The topological polar surface area (TPSA) is 46.5 Å². The van der Waals surface area contributed by atoms with Crippen molar-refractivity contribution < 1.29 is 14.6 Å². The highest BCUT2D eigenvalue weighted by Crippen LogP contribution is 2.37. The molecule has 0 bridgehead atoms. The van der Waals surface area contributed by atoms with Crippen LogP contribution < -0.4 is 4.74 Å². The van der Waals surface area contributed by atoms with Gasteiger partial charge < -0.3 is 9.84 Å². The number of aromatic carboxylic acids is 1.